The molecule has 0 saturated carbocycles. The standard InChI is InChI=1S/C25H32N4O3/c1-20(30)22-10-6-12-29(17-22)25(31)23-19-32-24(26-23)18-28-15-13-27(14-16-28)11-5-9-21-7-3-2-4-8-21/h2-5,7-9,19,22H,6,10-18H2,1H3. The number of rotatable bonds is 7. The van der Waals surface area contributed by atoms with Crippen molar-refractivity contribution in [1.82, 2.24) is 19.7 Å². The maximum absolute atomic E-state index is 12.8. The number of piperazine rings is 1. The van der Waals surface area contributed by atoms with Crippen LogP contribution in [-0.4, -0.2) is 77.2 Å². The summed E-state index contributed by atoms with van der Waals surface area (Å²) in [6.07, 6.45) is 7.55. The maximum atomic E-state index is 12.8. The first-order chi connectivity index (χ1) is 15.6. The van der Waals surface area contributed by atoms with Gasteiger partial charge in [-0.25, -0.2) is 4.98 Å². The highest BCUT2D eigenvalue weighted by molar-refractivity contribution is 5.92. The number of hydrogen-bond donors (Lipinski definition) is 0. The number of benzene rings is 1. The summed E-state index contributed by atoms with van der Waals surface area (Å²) in [7, 11) is 0. The van der Waals surface area contributed by atoms with Crippen LogP contribution in [0.4, 0.5) is 0 Å². The number of carbonyl (C=O) groups is 2. The van der Waals surface area contributed by atoms with Crippen LogP contribution in [0.5, 0.6) is 0 Å². The SMILES string of the molecule is CC(=O)C1CCCN(C(=O)c2coc(CN3CCN(CC=Cc4ccccc4)CC3)n2)C1. The van der Waals surface area contributed by atoms with Crippen molar-refractivity contribution in [3.8, 4) is 0 Å². The van der Waals surface area contributed by atoms with Crippen molar-refractivity contribution in [2.45, 2.75) is 26.3 Å². The minimum absolute atomic E-state index is 0.0575. The molecule has 1 aromatic carbocycles. The molecule has 0 spiro atoms. The summed E-state index contributed by atoms with van der Waals surface area (Å²) in [6, 6.07) is 10.3. The molecule has 4 rings (SSSR count). The first-order valence-corrected chi connectivity index (χ1v) is 11.5. The van der Waals surface area contributed by atoms with Gasteiger partial charge >= 0.3 is 0 Å². The third-order valence-electron chi connectivity index (χ3n) is 6.35. The van der Waals surface area contributed by atoms with Crippen molar-refractivity contribution in [3.05, 3.63) is 59.8 Å². The van der Waals surface area contributed by atoms with E-state index in [2.05, 4.69) is 51.2 Å². The first-order valence-electron chi connectivity index (χ1n) is 11.5. The Morgan fingerprint density at radius 2 is 1.84 bits per heavy atom. The van der Waals surface area contributed by atoms with Gasteiger partial charge in [0.2, 0.25) is 5.89 Å². The molecular formula is C25H32N4O3. The van der Waals surface area contributed by atoms with E-state index in [0.717, 1.165) is 45.6 Å². The van der Waals surface area contributed by atoms with E-state index in [0.29, 0.717) is 31.2 Å². The lowest BCUT2D eigenvalue weighted by Gasteiger charge is -2.33. The number of piperidine rings is 1. The number of Topliss-reactive ketones (excluding diaryl/α,β-unsaturated/α-hetero) is 1. The Morgan fingerprint density at radius 1 is 1.09 bits per heavy atom. The fraction of sp³-hybridized carbons (Fsp3) is 0.480. The molecule has 0 N–H and O–H groups in total. The van der Waals surface area contributed by atoms with Gasteiger partial charge in [0.25, 0.3) is 5.91 Å². The van der Waals surface area contributed by atoms with Crippen molar-refractivity contribution in [1.29, 1.82) is 0 Å². The predicted octanol–water partition coefficient (Wildman–Crippen LogP) is 2.95. The molecule has 7 heteroatoms. The fourth-order valence-electron chi connectivity index (χ4n) is 4.36. The Labute approximate surface area is 189 Å². The van der Waals surface area contributed by atoms with Crippen molar-refractivity contribution in [3.63, 3.8) is 0 Å². The summed E-state index contributed by atoms with van der Waals surface area (Å²) >= 11 is 0. The summed E-state index contributed by atoms with van der Waals surface area (Å²) in [6.45, 7) is 8.18. The quantitative estimate of drug-likeness (QED) is 0.665. The van der Waals surface area contributed by atoms with Crippen molar-refractivity contribution < 1.29 is 14.0 Å². The number of hydrogen-bond acceptors (Lipinski definition) is 6. The Bertz CT molecular complexity index is 932. The highest BCUT2D eigenvalue weighted by Gasteiger charge is 2.28. The van der Waals surface area contributed by atoms with E-state index in [1.165, 1.54) is 11.8 Å². The average molecular weight is 437 g/mol. The molecule has 170 valence electrons. The van der Waals surface area contributed by atoms with Crippen LogP contribution < -0.4 is 0 Å². The van der Waals surface area contributed by atoms with Gasteiger partial charge in [-0.15, -0.1) is 0 Å². The number of aromatic nitrogens is 1. The molecule has 2 aliphatic rings. The van der Waals surface area contributed by atoms with Gasteiger partial charge in [-0.3, -0.25) is 19.4 Å². The monoisotopic (exact) mass is 436 g/mol. The van der Waals surface area contributed by atoms with Crippen LogP contribution in [0.3, 0.4) is 0 Å². The largest absolute Gasteiger partial charge is 0.447 e. The smallest absolute Gasteiger partial charge is 0.275 e. The molecule has 1 unspecified atom stereocenters. The number of nitrogens with zero attached hydrogens (tertiary/aromatic N) is 4. The lowest BCUT2D eigenvalue weighted by molar-refractivity contribution is -0.122. The lowest BCUT2D eigenvalue weighted by atomic mass is 9.94. The molecule has 7 nitrogen and oxygen atoms in total. The van der Waals surface area contributed by atoms with E-state index < -0.39 is 0 Å². The molecule has 1 aromatic heterocycles. The number of amides is 1. The highest BCUT2D eigenvalue weighted by Crippen LogP contribution is 2.19. The topological polar surface area (TPSA) is 69.9 Å². The van der Waals surface area contributed by atoms with Crippen molar-refractivity contribution in [2.75, 3.05) is 45.8 Å². The van der Waals surface area contributed by atoms with Crippen LogP contribution in [0, 0.1) is 5.92 Å². The van der Waals surface area contributed by atoms with Crippen molar-refractivity contribution >= 4 is 17.8 Å². The van der Waals surface area contributed by atoms with Gasteiger partial charge in [0.05, 0.1) is 6.54 Å². The molecule has 2 saturated heterocycles. The van der Waals surface area contributed by atoms with E-state index in [1.54, 1.807) is 11.8 Å². The van der Waals surface area contributed by atoms with Gasteiger partial charge in [0.15, 0.2) is 5.69 Å². The summed E-state index contributed by atoms with van der Waals surface area (Å²) < 4.78 is 5.60. The van der Waals surface area contributed by atoms with Crippen LogP contribution in [0.15, 0.2) is 47.1 Å². The average Bonchev–Trinajstić information content (AvgIpc) is 3.29. The summed E-state index contributed by atoms with van der Waals surface area (Å²) in [4.78, 5) is 35.4. The third-order valence-corrected chi connectivity index (χ3v) is 6.35. The van der Waals surface area contributed by atoms with Gasteiger partial charge in [-0.1, -0.05) is 42.5 Å². The zero-order valence-electron chi connectivity index (χ0n) is 18.8. The molecule has 2 aromatic rings. The molecule has 3 heterocycles. The zero-order chi connectivity index (χ0) is 22.3. The Morgan fingerprint density at radius 3 is 2.59 bits per heavy atom. The summed E-state index contributed by atoms with van der Waals surface area (Å²) in [5, 5.41) is 0. The third kappa shape index (κ3) is 5.93. The molecule has 2 aliphatic heterocycles. The van der Waals surface area contributed by atoms with Crippen LogP contribution in [-0.2, 0) is 11.3 Å². The Kier molecular flexibility index (Phi) is 7.50. The van der Waals surface area contributed by atoms with Crippen LogP contribution in [0.25, 0.3) is 6.08 Å². The second-order valence-corrected chi connectivity index (χ2v) is 8.72. The normalized spacial score (nSPS) is 20.7. The molecule has 0 bridgehead atoms. The highest BCUT2D eigenvalue weighted by atomic mass is 16.3. The molecule has 32 heavy (non-hydrogen) atoms. The maximum Gasteiger partial charge on any atom is 0.275 e. The van der Waals surface area contributed by atoms with E-state index >= 15 is 0 Å². The second-order valence-electron chi connectivity index (χ2n) is 8.72. The van der Waals surface area contributed by atoms with Gasteiger partial charge in [0, 0.05) is 51.7 Å². The van der Waals surface area contributed by atoms with E-state index in [9.17, 15) is 9.59 Å². The van der Waals surface area contributed by atoms with Gasteiger partial charge in [0.1, 0.15) is 12.0 Å². The summed E-state index contributed by atoms with van der Waals surface area (Å²) in [5.41, 5.74) is 1.57. The number of likely N-dealkylation sites (tertiary alicyclic amines) is 1. The van der Waals surface area contributed by atoms with Gasteiger partial charge in [-0.2, -0.15) is 0 Å². The minimum atomic E-state index is -0.138. The van der Waals surface area contributed by atoms with Crippen LogP contribution in [0.2, 0.25) is 0 Å². The van der Waals surface area contributed by atoms with Gasteiger partial charge in [-0.05, 0) is 25.3 Å². The van der Waals surface area contributed by atoms with Crippen LogP contribution in [0.1, 0.15) is 41.7 Å². The molecule has 0 aliphatic carbocycles. The summed E-state index contributed by atoms with van der Waals surface area (Å²) in [5.74, 6) is 0.530. The minimum Gasteiger partial charge on any atom is -0.447 e. The van der Waals surface area contributed by atoms with E-state index in [4.69, 9.17) is 4.42 Å². The Balaban J connectivity index is 1.22. The lowest BCUT2D eigenvalue weighted by Crippen LogP contribution is -2.45. The molecule has 1 amide bonds. The molecular weight excluding hydrogens is 404 g/mol. The zero-order valence-corrected chi connectivity index (χ0v) is 18.8. The van der Waals surface area contributed by atoms with Crippen LogP contribution >= 0.6 is 0 Å². The predicted molar refractivity (Wildman–Crippen MR) is 123 cm³/mol. The Hall–Kier alpha value is -2.77. The number of oxazole rings is 1. The molecule has 2 fully saturated rings. The molecule has 1 atom stereocenters. The molecule has 0 radical (unpaired) electrons. The second kappa shape index (κ2) is 10.7. The van der Waals surface area contributed by atoms with E-state index in [1.807, 2.05) is 6.07 Å². The first kappa shape index (κ1) is 22.4. The van der Waals surface area contributed by atoms with Crippen molar-refractivity contribution in [2.24, 2.45) is 5.92 Å². The fourth-order valence-corrected chi connectivity index (χ4v) is 4.36. The van der Waals surface area contributed by atoms with E-state index in [-0.39, 0.29) is 17.6 Å². The van der Waals surface area contributed by atoms with Gasteiger partial charge < -0.3 is 9.32 Å². The number of carbonyl (C=O) groups excluding carboxylic acids is 2. The number of ketones is 1.